The molecule has 21 heavy (non-hydrogen) atoms. The Morgan fingerprint density at radius 1 is 1.24 bits per heavy atom. The van der Waals surface area contributed by atoms with Crippen molar-refractivity contribution in [3.8, 4) is 0 Å². The lowest BCUT2D eigenvalue weighted by Crippen LogP contribution is -3.14. The largest absolute Gasteiger partial charge is 0.327 e. The SMILES string of the molecule is C[C@H]1CCC[NH+](CC(=O)Nc2ccc3ccccc3c2)C1. The third-order valence-corrected chi connectivity index (χ3v) is 4.31. The number of fused-ring (bicyclic) bond motifs is 1. The molecule has 2 N–H and O–H groups in total. The minimum atomic E-state index is 0.120. The second-order valence-corrected chi connectivity index (χ2v) is 6.24. The fourth-order valence-electron chi connectivity index (χ4n) is 3.26. The highest BCUT2D eigenvalue weighted by Crippen LogP contribution is 2.18. The third kappa shape index (κ3) is 3.61. The van der Waals surface area contributed by atoms with E-state index in [2.05, 4.69) is 30.4 Å². The van der Waals surface area contributed by atoms with Crippen molar-refractivity contribution < 1.29 is 9.69 Å². The average Bonchev–Trinajstić information content (AvgIpc) is 2.47. The van der Waals surface area contributed by atoms with E-state index in [4.69, 9.17) is 0 Å². The van der Waals surface area contributed by atoms with Crippen molar-refractivity contribution >= 4 is 22.4 Å². The Hall–Kier alpha value is -1.87. The van der Waals surface area contributed by atoms with Gasteiger partial charge in [-0.05, 0) is 35.7 Å². The highest BCUT2D eigenvalue weighted by molar-refractivity contribution is 5.94. The van der Waals surface area contributed by atoms with Gasteiger partial charge in [0.2, 0.25) is 0 Å². The van der Waals surface area contributed by atoms with Gasteiger partial charge in [0.05, 0.1) is 13.1 Å². The van der Waals surface area contributed by atoms with Gasteiger partial charge in [-0.25, -0.2) is 0 Å². The van der Waals surface area contributed by atoms with Gasteiger partial charge in [0.15, 0.2) is 6.54 Å². The van der Waals surface area contributed by atoms with Crippen molar-refractivity contribution in [1.82, 2.24) is 0 Å². The maximum Gasteiger partial charge on any atom is 0.279 e. The summed E-state index contributed by atoms with van der Waals surface area (Å²) in [5.74, 6) is 0.858. The molecule has 1 fully saturated rings. The Morgan fingerprint density at radius 3 is 2.86 bits per heavy atom. The normalized spacial score (nSPS) is 22.1. The lowest BCUT2D eigenvalue weighted by atomic mass is 10.0. The number of anilines is 1. The Balaban J connectivity index is 1.63. The molecule has 0 saturated carbocycles. The van der Waals surface area contributed by atoms with Crippen LogP contribution in [0.1, 0.15) is 19.8 Å². The number of likely N-dealkylation sites (tertiary alicyclic amines) is 1. The quantitative estimate of drug-likeness (QED) is 0.888. The fourth-order valence-corrected chi connectivity index (χ4v) is 3.26. The summed E-state index contributed by atoms with van der Waals surface area (Å²) in [6.07, 6.45) is 2.54. The van der Waals surface area contributed by atoms with Crippen LogP contribution in [0, 0.1) is 5.92 Å². The molecule has 2 atom stereocenters. The van der Waals surface area contributed by atoms with Gasteiger partial charge < -0.3 is 10.2 Å². The van der Waals surface area contributed by atoms with Crippen LogP contribution in [0.15, 0.2) is 42.5 Å². The maximum atomic E-state index is 12.2. The molecule has 0 spiro atoms. The number of carbonyl (C=O) groups excluding carboxylic acids is 1. The predicted molar refractivity (Wildman–Crippen MR) is 86.5 cm³/mol. The summed E-state index contributed by atoms with van der Waals surface area (Å²) in [6.45, 7) is 5.10. The van der Waals surface area contributed by atoms with Crippen LogP contribution in [0.4, 0.5) is 5.69 Å². The summed E-state index contributed by atoms with van der Waals surface area (Å²) in [6, 6.07) is 14.3. The Labute approximate surface area is 125 Å². The number of hydrogen-bond donors (Lipinski definition) is 2. The highest BCUT2D eigenvalue weighted by Gasteiger charge is 2.21. The van der Waals surface area contributed by atoms with E-state index in [-0.39, 0.29) is 5.91 Å². The smallest absolute Gasteiger partial charge is 0.279 e. The number of quaternary nitrogens is 1. The van der Waals surface area contributed by atoms with Crippen molar-refractivity contribution in [3.63, 3.8) is 0 Å². The van der Waals surface area contributed by atoms with Gasteiger partial charge in [-0.15, -0.1) is 0 Å². The van der Waals surface area contributed by atoms with Crippen molar-refractivity contribution in [1.29, 1.82) is 0 Å². The zero-order chi connectivity index (χ0) is 14.7. The van der Waals surface area contributed by atoms with Crippen LogP contribution in [0.3, 0.4) is 0 Å². The third-order valence-electron chi connectivity index (χ3n) is 4.31. The van der Waals surface area contributed by atoms with E-state index in [1.54, 1.807) is 0 Å². The molecule has 1 heterocycles. The van der Waals surface area contributed by atoms with Crippen molar-refractivity contribution in [2.24, 2.45) is 5.92 Å². The number of amides is 1. The van der Waals surface area contributed by atoms with Crippen LogP contribution in [0.5, 0.6) is 0 Å². The molecule has 3 nitrogen and oxygen atoms in total. The fraction of sp³-hybridized carbons (Fsp3) is 0.389. The van der Waals surface area contributed by atoms with Gasteiger partial charge in [0.25, 0.3) is 5.91 Å². The van der Waals surface area contributed by atoms with E-state index in [9.17, 15) is 4.79 Å². The van der Waals surface area contributed by atoms with E-state index in [0.29, 0.717) is 6.54 Å². The summed E-state index contributed by atoms with van der Waals surface area (Å²) < 4.78 is 0. The summed E-state index contributed by atoms with van der Waals surface area (Å²) >= 11 is 0. The summed E-state index contributed by atoms with van der Waals surface area (Å²) in [7, 11) is 0. The van der Waals surface area contributed by atoms with Crippen molar-refractivity contribution in [2.45, 2.75) is 19.8 Å². The molecule has 1 amide bonds. The first-order chi connectivity index (χ1) is 10.2. The highest BCUT2D eigenvalue weighted by atomic mass is 16.2. The number of hydrogen-bond acceptors (Lipinski definition) is 1. The first kappa shape index (κ1) is 14.1. The van der Waals surface area contributed by atoms with Crippen molar-refractivity contribution in [3.05, 3.63) is 42.5 Å². The van der Waals surface area contributed by atoms with Gasteiger partial charge in [-0.1, -0.05) is 37.3 Å². The Kier molecular flexibility index (Phi) is 4.20. The van der Waals surface area contributed by atoms with E-state index >= 15 is 0 Å². The zero-order valence-electron chi connectivity index (χ0n) is 12.6. The average molecular weight is 283 g/mol. The first-order valence-corrected chi connectivity index (χ1v) is 7.83. The van der Waals surface area contributed by atoms with Crippen LogP contribution in [0.2, 0.25) is 0 Å². The second-order valence-electron chi connectivity index (χ2n) is 6.24. The lowest BCUT2D eigenvalue weighted by molar-refractivity contribution is -0.900. The summed E-state index contributed by atoms with van der Waals surface area (Å²) in [5.41, 5.74) is 0.892. The van der Waals surface area contributed by atoms with Gasteiger partial charge in [0, 0.05) is 11.6 Å². The summed E-state index contributed by atoms with van der Waals surface area (Å²) in [4.78, 5) is 13.6. The van der Waals surface area contributed by atoms with E-state index < -0.39 is 0 Å². The Bertz CT molecular complexity index is 638. The van der Waals surface area contributed by atoms with E-state index in [0.717, 1.165) is 30.1 Å². The van der Waals surface area contributed by atoms with Gasteiger partial charge in [0.1, 0.15) is 0 Å². The number of carbonyl (C=O) groups is 1. The molecule has 3 heteroatoms. The number of benzene rings is 2. The number of rotatable bonds is 3. The van der Waals surface area contributed by atoms with Crippen LogP contribution >= 0.6 is 0 Å². The van der Waals surface area contributed by atoms with Gasteiger partial charge in [-0.2, -0.15) is 0 Å². The minimum Gasteiger partial charge on any atom is -0.327 e. The molecule has 0 aliphatic carbocycles. The maximum absolute atomic E-state index is 12.2. The topological polar surface area (TPSA) is 33.5 Å². The van der Waals surface area contributed by atoms with E-state index in [1.807, 2.05) is 24.3 Å². The second kappa shape index (κ2) is 6.27. The standard InChI is InChI=1S/C18H22N2O/c1-14-5-4-10-20(12-14)13-18(21)19-17-9-8-15-6-2-3-7-16(15)11-17/h2-3,6-9,11,14H,4-5,10,12-13H2,1H3,(H,19,21)/p+1/t14-/m0/s1. The number of piperidine rings is 1. The number of nitrogens with one attached hydrogen (secondary N) is 2. The minimum absolute atomic E-state index is 0.120. The van der Waals surface area contributed by atoms with E-state index in [1.165, 1.54) is 23.1 Å². The van der Waals surface area contributed by atoms with Crippen LogP contribution in [-0.2, 0) is 4.79 Å². The molecule has 1 aliphatic heterocycles. The molecule has 0 bridgehead atoms. The van der Waals surface area contributed by atoms with Crippen LogP contribution in [-0.4, -0.2) is 25.5 Å². The lowest BCUT2D eigenvalue weighted by Gasteiger charge is -2.27. The first-order valence-electron chi connectivity index (χ1n) is 7.83. The van der Waals surface area contributed by atoms with Crippen LogP contribution in [0.25, 0.3) is 10.8 Å². The van der Waals surface area contributed by atoms with Gasteiger partial charge >= 0.3 is 0 Å². The molecule has 110 valence electrons. The molecule has 3 rings (SSSR count). The predicted octanol–water partition coefficient (Wildman–Crippen LogP) is 2.09. The molecular formula is C18H23N2O+. The zero-order valence-corrected chi connectivity index (χ0v) is 12.6. The molecule has 1 saturated heterocycles. The molecule has 2 aromatic rings. The molecular weight excluding hydrogens is 260 g/mol. The molecule has 0 radical (unpaired) electrons. The molecule has 1 aliphatic rings. The monoisotopic (exact) mass is 283 g/mol. The van der Waals surface area contributed by atoms with Crippen molar-refractivity contribution in [2.75, 3.05) is 25.0 Å². The van der Waals surface area contributed by atoms with Crippen LogP contribution < -0.4 is 10.2 Å². The molecule has 1 unspecified atom stereocenters. The molecule has 2 aromatic carbocycles. The summed E-state index contributed by atoms with van der Waals surface area (Å²) in [5, 5.41) is 5.40. The Morgan fingerprint density at radius 2 is 2.05 bits per heavy atom. The molecule has 0 aromatic heterocycles. The van der Waals surface area contributed by atoms with Gasteiger partial charge in [-0.3, -0.25) is 4.79 Å².